The van der Waals surface area contributed by atoms with E-state index in [1.54, 1.807) is 0 Å². The van der Waals surface area contributed by atoms with Gasteiger partial charge in [0.05, 0.1) is 12.6 Å². The molecule has 0 aromatic carbocycles. The average Bonchev–Trinajstić information content (AvgIpc) is 2.17. The highest BCUT2D eigenvalue weighted by atomic mass is 16.5. The second-order valence-electron chi connectivity index (χ2n) is 3.40. The minimum atomic E-state index is -0.756. The Morgan fingerprint density at radius 1 is 1.44 bits per heavy atom. The number of carbonyl (C=O) groups is 2. The molecule has 0 saturated carbocycles. The highest BCUT2D eigenvalue weighted by Crippen LogP contribution is 1.93. The van der Waals surface area contributed by atoms with Crippen molar-refractivity contribution in [2.75, 3.05) is 20.3 Å². The van der Waals surface area contributed by atoms with E-state index in [-0.39, 0.29) is 18.6 Å². The van der Waals surface area contributed by atoms with Crippen LogP contribution in [-0.4, -0.2) is 49.5 Å². The highest BCUT2D eigenvalue weighted by Gasteiger charge is 2.17. The molecule has 7 heteroatoms. The molecule has 0 aliphatic carbocycles. The summed E-state index contributed by atoms with van der Waals surface area (Å²) in [6, 6.07) is -1.75. The number of nitrogens with one attached hydrogen (secondary N) is 2. The van der Waals surface area contributed by atoms with E-state index in [4.69, 9.17) is 15.6 Å². The van der Waals surface area contributed by atoms with Gasteiger partial charge in [-0.05, 0) is 13.3 Å². The number of urea groups is 1. The highest BCUT2D eigenvalue weighted by molar-refractivity contribution is 5.86. The van der Waals surface area contributed by atoms with Crippen molar-refractivity contribution in [2.45, 2.75) is 25.4 Å². The van der Waals surface area contributed by atoms with E-state index in [0.717, 1.165) is 0 Å². The van der Waals surface area contributed by atoms with Crippen molar-refractivity contribution in [1.82, 2.24) is 10.6 Å². The lowest BCUT2D eigenvalue weighted by atomic mass is 10.2. The topological polar surface area (TPSA) is 114 Å². The first-order chi connectivity index (χ1) is 7.51. The molecule has 7 nitrogen and oxygen atoms in total. The fraction of sp³-hybridized carbons (Fsp3) is 0.778. The molecule has 3 amide bonds. The number of hydrogen-bond acceptors (Lipinski definition) is 4. The number of primary amides is 1. The monoisotopic (exact) mass is 233 g/mol. The molecule has 0 aliphatic rings. The molecular formula is C9H19N3O4. The Labute approximate surface area is 94.3 Å². The molecule has 0 aromatic rings. The molecule has 0 fully saturated rings. The first kappa shape index (κ1) is 14.7. The van der Waals surface area contributed by atoms with Gasteiger partial charge >= 0.3 is 6.03 Å². The molecule has 5 N–H and O–H groups in total. The van der Waals surface area contributed by atoms with Crippen LogP contribution in [0.1, 0.15) is 13.3 Å². The van der Waals surface area contributed by atoms with Crippen LogP contribution in [0.2, 0.25) is 0 Å². The lowest BCUT2D eigenvalue weighted by Crippen LogP contribution is -2.50. The van der Waals surface area contributed by atoms with Crippen LogP contribution in [0.3, 0.4) is 0 Å². The summed E-state index contributed by atoms with van der Waals surface area (Å²) in [4.78, 5) is 22.0. The van der Waals surface area contributed by atoms with E-state index in [9.17, 15) is 9.59 Å². The van der Waals surface area contributed by atoms with E-state index in [1.165, 1.54) is 14.0 Å². The molecule has 0 saturated heterocycles. The number of aliphatic hydroxyl groups excluding tert-OH is 1. The standard InChI is InChI=1S/C9H19N3O4/c1-6(11-9(10)15)8(14)12-7(3-4-13)5-16-2/h6-7,13H,3-5H2,1-2H3,(H,12,14)(H3,10,11,15). The molecular weight excluding hydrogens is 214 g/mol. The summed E-state index contributed by atoms with van der Waals surface area (Å²) in [5, 5.41) is 13.6. The van der Waals surface area contributed by atoms with Gasteiger partial charge in [0, 0.05) is 13.7 Å². The molecule has 2 unspecified atom stereocenters. The summed E-state index contributed by atoms with van der Waals surface area (Å²) in [7, 11) is 1.50. The predicted molar refractivity (Wildman–Crippen MR) is 57.7 cm³/mol. The zero-order valence-electron chi connectivity index (χ0n) is 9.53. The molecule has 0 spiro atoms. The number of nitrogens with two attached hydrogens (primary N) is 1. The van der Waals surface area contributed by atoms with Gasteiger partial charge < -0.3 is 26.2 Å². The predicted octanol–water partition coefficient (Wildman–Crippen LogP) is -1.44. The Hall–Kier alpha value is -1.34. The van der Waals surface area contributed by atoms with E-state index in [0.29, 0.717) is 13.0 Å². The maximum absolute atomic E-state index is 11.5. The first-order valence-electron chi connectivity index (χ1n) is 4.97. The zero-order chi connectivity index (χ0) is 12.6. The van der Waals surface area contributed by atoms with Gasteiger partial charge in [0.25, 0.3) is 0 Å². The third kappa shape index (κ3) is 6.20. The van der Waals surface area contributed by atoms with Gasteiger partial charge in [-0.2, -0.15) is 0 Å². The first-order valence-corrected chi connectivity index (χ1v) is 4.97. The Bertz CT molecular complexity index is 229. The van der Waals surface area contributed by atoms with Crippen molar-refractivity contribution in [3.63, 3.8) is 0 Å². The van der Waals surface area contributed by atoms with E-state index < -0.39 is 12.1 Å². The Morgan fingerprint density at radius 3 is 2.50 bits per heavy atom. The van der Waals surface area contributed by atoms with Crippen molar-refractivity contribution < 1.29 is 19.4 Å². The van der Waals surface area contributed by atoms with Gasteiger partial charge in [0.2, 0.25) is 5.91 Å². The van der Waals surface area contributed by atoms with Gasteiger partial charge in [-0.1, -0.05) is 0 Å². The second kappa shape index (κ2) is 7.89. The van der Waals surface area contributed by atoms with Gasteiger partial charge in [0.1, 0.15) is 6.04 Å². The molecule has 0 aliphatic heterocycles. The molecule has 0 bridgehead atoms. The molecule has 94 valence electrons. The molecule has 0 radical (unpaired) electrons. The summed E-state index contributed by atoms with van der Waals surface area (Å²) >= 11 is 0. The van der Waals surface area contributed by atoms with Gasteiger partial charge in [-0.15, -0.1) is 0 Å². The average molecular weight is 233 g/mol. The quantitative estimate of drug-likeness (QED) is 0.431. The lowest BCUT2D eigenvalue weighted by Gasteiger charge is -2.19. The number of carbonyl (C=O) groups excluding carboxylic acids is 2. The SMILES string of the molecule is COCC(CCO)NC(=O)C(C)NC(N)=O. The summed E-state index contributed by atoms with van der Waals surface area (Å²) in [6.45, 7) is 1.77. The van der Waals surface area contributed by atoms with Gasteiger partial charge in [-0.3, -0.25) is 4.79 Å². The summed E-state index contributed by atoms with van der Waals surface area (Å²) in [6.07, 6.45) is 0.392. The zero-order valence-corrected chi connectivity index (χ0v) is 9.53. The Balaban J connectivity index is 4.11. The van der Waals surface area contributed by atoms with Crippen molar-refractivity contribution in [2.24, 2.45) is 5.73 Å². The summed E-state index contributed by atoms with van der Waals surface area (Å²) in [5.74, 6) is -0.366. The van der Waals surface area contributed by atoms with Gasteiger partial charge in [-0.25, -0.2) is 4.79 Å². The second-order valence-corrected chi connectivity index (χ2v) is 3.40. The van der Waals surface area contributed by atoms with Crippen molar-refractivity contribution in [3.8, 4) is 0 Å². The third-order valence-corrected chi connectivity index (χ3v) is 1.94. The Kier molecular flexibility index (Phi) is 7.23. The van der Waals surface area contributed by atoms with Crippen molar-refractivity contribution >= 4 is 11.9 Å². The molecule has 0 aromatic heterocycles. The van der Waals surface area contributed by atoms with E-state index in [1.807, 2.05) is 0 Å². The largest absolute Gasteiger partial charge is 0.396 e. The fourth-order valence-corrected chi connectivity index (χ4v) is 1.16. The molecule has 0 heterocycles. The van der Waals surface area contributed by atoms with Crippen LogP contribution < -0.4 is 16.4 Å². The van der Waals surface area contributed by atoms with E-state index in [2.05, 4.69) is 10.6 Å². The van der Waals surface area contributed by atoms with Crippen LogP contribution in [-0.2, 0) is 9.53 Å². The van der Waals surface area contributed by atoms with Crippen LogP contribution in [0, 0.1) is 0 Å². The third-order valence-electron chi connectivity index (χ3n) is 1.94. The van der Waals surface area contributed by atoms with Crippen LogP contribution in [0.15, 0.2) is 0 Å². The number of methoxy groups -OCH3 is 1. The summed E-state index contributed by atoms with van der Waals surface area (Å²) < 4.78 is 4.88. The molecule has 0 rings (SSSR count). The van der Waals surface area contributed by atoms with Gasteiger partial charge in [0.15, 0.2) is 0 Å². The number of rotatable bonds is 7. The maximum Gasteiger partial charge on any atom is 0.312 e. The number of amides is 3. The molecule has 2 atom stereocenters. The number of hydrogen-bond donors (Lipinski definition) is 4. The maximum atomic E-state index is 11.5. The number of aliphatic hydroxyl groups is 1. The molecule has 16 heavy (non-hydrogen) atoms. The van der Waals surface area contributed by atoms with Crippen LogP contribution >= 0.6 is 0 Å². The van der Waals surface area contributed by atoms with Crippen LogP contribution in [0.5, 0.6) is 0 Å². The minimum absolute atomic E-state index is 0.0497. The van der Waals surface area contributed by atoms with Crippen LogP contribution in [0.4, 0.5) is 4.79 Å². The smallest absolute Gasteiger partial charge is 0.312 e. The Morgan fingerprint density at radius 2 is 2.06 bits per heavy atom. The number of ether oxygens (including phenoxy) is 1. The summed E-state index contributed by atoms with van der Waals surface area (Å²) in [5.41, 5.74) is 4.88. The van der Waals surface area contributed by atoms with Crippen molar-refractivity contribution in [3.05, 3.63) is 0 Å². The van der Waals surface area contributed by atoms with Crippen molar-refractivity contribution in [1.29, 1.82) is 0 Å². The van der Waals surface area contributed by atoms with Crippen LogP contribution in [0.25, 0.3) is 0 Å². The fourth-order valence-electron chi connectivity index (χ4n) is 1.16. The lowest BCUT2D eigenvalue weighted by molar-refractivity contribution is -0.123. The van der Waals surface area contributed by atoms with E-state index >= 15 is 0 Å². The minimum Gasteiger partial charge on any atom is -0.396 e. The normalized spacial score (nSPS) is 13.9.